The smallest absolute Gasteiger partial charge is 0.284 e. The lowest BCUT2D eigenvalue weighted by Gasteiger charge is -2.13. The fraction of sp³-hybridized carbons (Fsp3) is 0. The van der Waals surface area contributed by atoms with Gasteiger partial charge in [0.1, 0.15) is 20.7 Å². The number of nitro groups is 1. The minimum atomic E-state index is -0.701. The molecule has 0 spiro atoms. The van der Waals surface area contributed by atoms with Crippen LogP contribution in [-0.2, 0) is 4.79 Å². The van der Waals surface area contributed by atoms with Gasteiger partial charge >= 0.3 is 0 Å². The number of nitro benzene ring substituents is 1. The summed E-state index contributed by atoms with van der Waals surface area (Å²) in [5, 5.41) is 10.00. The Balaban J connectivity index is 2.43. The van der Waals surface area contributed by atoms with E-state index in [0.717, 1.165) is 11.9 Å². The Morgan fingerprint density at radius 1 is 1.00 bits per heavy atom. The van der Waals surface area contributed by atoms with E-state index in [-0.39, 0.29) is 36.4 Å². The maximum atomic E-state index is 11.6. The highest BCUT2D eigenvalue weighted by Crippen LogP contribution is 2.37. The number of hydrogen-bond acceptors (Lipinski definition) is 5. The molecule has 0 saturated heterocycles. The fourth-order valence-corrected chi connectivity index (χ4v) is 3.22. The molecule has 0 aromatic heterocycles. The van der Waals surface area contributed by atoms with Crippen LogP contribution in [0.2, 0.25) is 0 Å². The standard InChI is InChI=1S/C12H4Cl4N2O3S/c13-7-9(15)12(19)10(16)8(14)11(7)17-22-6-4-2-1-3-5(6)18(20)21/h1-4H. The van der Waals surface area contributed by atoms with Crippen LogP contribution >= 0.6 is 58.4 Å². The summed E-state index contributed by atoms with van der Waals surface area (Å²) in [5.74, 6) is -0.701. The Morgan fingerprint density at radius 3 is 2.09 bits per heavy atom. The first kappa shape index (κ1) is 17.3. The molecule has 114 valence electrons. The van der Waals surface area contributed by atoms with Gasteiger partial charge in [-0.25, -0.2) is 4.40 Å². The maximum absolute atomic E-state index is 11.6. The van der Waals surface area contributed by atoms with Crippen LogP contribution < -0.4 is 0 Å². The number of rotatable bonds is 3. The second-order valence-corrected chi connectivity index (χ2v) is 6.16. The van der Waals surface area contributed by atoms with Crippen LogP contribution in [0.25, 0.3) is 0 Å². The molecule has 0 bridgehead atoms. The summed E-state index contributed by atoms with van der Waals surface area (Å²) in [5.41, 5.74) is -0.137. The van der Waals surface area contributed by atoms with Crippen molar-refractivity contribution >= 4 is 75.5 Å². The monoisotopic (exact) mass is 396 g/mol. The molecule has 0 N–H and O–H groups in total. The van der Waals surface area contributed by atoms with Crippen molar-refractivity contribution in [3.8, 4) is 0 Å². The topological polar surface area (TPSA) is 72.6 Å². The van der Waals surface area contributed by atoms with E-state index in [1.54, 1.807) is 6.07 Å². The molecule has 1 aliphatic carbocycles. The van der Waals surface area contributed by atoms with Gasteiger partial charge in [0.25, 0.3) is 5.69 Å². The van der Waals surface area contributed by atoms with Crippen LogP contribution in [0.15, 0.2) is 53.7 Å². The van der Waals surface area contributed by atoms with Crippen LogP contribution in [0.1, 0.15) is 0 Å². The van der Waals surface area contributed by atoms with Gasteiger partial charge in [0.05, 0.1) is 15.0 Å². The van der Waals surface area contributed by atoms with E-state index in [1.165, 1.54) is 18.2 Å². The van der Waals surface area contributed by atoms with Gasteiger partial charge in [0.2, 0.25) is 5.78 Å². The molecule has 0 saturated carbocycles. The quantitative estimate of drug-likeness (QED) is 0.311. The van der Waals surface area contributed by atoms with Gasteiger partial charge in [0, 0.05) is 18.0 Å². The third-order valence-electron chi connectivity index (χ3n) is 2.50. The number of ketones is 1. The minimum Gasteiger partial charge on any atom is -0.286 e. The summed E-state index contributed by atoms with van der Waals surface area (Å²) in [6.45, 7) is 0. The molecule has 0 aliphatic heterocycles. The molecule has 0 radical (unpaired) electrons. The molecule has 1 aliphatic rings. The molecule has 22 heavy (non-hydrogen) atoms. The Bertz CT molecular complexity index is 743. The second-order valence-electron chi connectivity index (χ2n) is 3.84. The number of Topliss-reactive ketones (excluding diaryl/α,β-unsaturated/α-hetero) is 1. The number of allylic oxidation sites excluding steroid dienone is 4. The molecular weight excluding hydrogens is 394 g/mol. The largest absolute Gasteiger partial charge is 0.286 e. The molecule has 5 nitrogen and oxygen atoms in total. The van der Waals surface area contributed by atoms with Crippen molar-refractivity contribution in [2.75, 3.05) is 0 Å². The van der Waals surface area contributed by atoms with E-state index in [1.807, 2.05) is 0 Å². The van der Waals surface area contributed by atoms with Crippen molar-refractivity contribution in [2.45, 2.75) is 4.90 Å². The van der Waals surface area contributed by atoms with Crippen LogP contribution in [0.4, 0.5) is 5.69 Å². The lowest BCUT2D eigenvalue weighted by Crippen LogP contribution is -2.15. The van der Waals surface area contributed by atoms with Crippen LogP contribution in [0, 0.1) is 10.1 Å². The first-order valence-electron chi connectivity index (χ1n) is 5.49. The normalized spacial score (nSPS) is 15.5. The predicted molar refractivity (Wildman–Crippen MR) is 88.9 cm³/mol. The number of carbonyl (C=O) groups excluding carboxylic acids is 1. The molecule has 1 aromatic rings. The van der Waals surface area contributed by atoms with Crippen molar-refractivity contribution in [1.82, 2.24) is 0 Å². The molecule has 0 unspecified atom stereocenters. The zero-order chi connectivity index (χ0) is 16.4. The van der Waals surface area contributed by atoms with Crippen molar-refractivity contribution in [1.29, 1.82) is 0 Å². The van der Waals surface area contributed by atoms with Crippen molar-refractivity contribution < 1.29 is 9.72 Å². The summed E-state index contributed by atoms with van der Waals surface area (Å²) >= 11 is 24.1. The van der Waals surface area contributed by atoms with Crippen molar-refractivity contribution in [2.24, 2.45) is 4.40 Å². The van der Waals surface area contributed by atoms with E-state index >= 15 is 0 Å². The van der Waals surface area contributed by atoms with E-state index in [9.17, 15) is 14.9 Å². The van der Waals surface area contributed by atoms with Crippen LogP contribution in [0.5, 0.6) is 0 Å². The van der Waals surface area contributed by atoms with Gasteiger partial charge in [-0.2, -0.15) is 0 Å². The molecule has 0 amide bonds. The van der Waals surface area contributed by atoms with Crippen molar-refractivity contribution in [3.05, 3.63) is 54.5 Å². The molecule has 2 rings (SSSR count). The van der Waals surface area contributed by atoms with Gasteiger partial charge in [-0.3, -0.25) is 14.9 Å². The summed E-state index contributed by atoms with van der Waals surface area (Å²) in [6.07, 6.45) is 0. The number of hydrogen-bond donors (Lipinski definition) is 0. The summed E-state index contributed by atoms with van der Waals surface area (Å²) in [4.78, 5) is 22.3. The highest BCUT2D eigenvalue weighted by atomic mass is 35.5. The predicted octanol–water partition coefficient (Wildman–Crippen LogP) is 5.00. The molecule has 0 atom stereocenters. The van der Waals surface area contributed by atoms with E-state index in [0.29, 0.717) is 0 Å². The summed E-state index contributed by atoms with van der Waals surface area (Å²) < 4.78 is 4.02. The fourth-order valence-electron chi connectivity index (χ4n) is 1.46. The van der Waals surface area contributed by atoms with Gasteiger partial charge in [0.15, 0.2) is 0 Å². The maximum Gasteiger partial charge on any atom is 0.284 e. The lowest BCUT2D eigenvalue weighted by molar-refractivity contribution is -0.387. The highest BCUT2D eigenvalue weighted by Gasteiger charge is 2.30. The first-order chi connectivity index (χ1) is 10.3. The molecule has 10 heteroatoms. The number of halogens is 4. The number of carbonyl (C=O) groups is 1. The molecule has 1 aromatic carbocycles. The van der Waals surface area contributed by atoms with E-state index in [4.69, 9.17) is 46.4 Å². The van der Waals surface area contributed by atoms with Crippen LogP contribution in [-0.4, -0.2) is 16.4 Å². The van der Waals surface area contributed by atoms with Gasteiger partial charge in [-0.1, -0.05) is 58.5 Å². The molecular formula is C12H4Cl4N2O3S. The van der Waals surface area contributed by atoms with Gasteiger partial charge in [-0.05, 0) is 6.07 Å². The highest BCUT2D eigenvalue weighted by molar-refractivity contribution is 7.98. The zero-order valence-corrected chi connectivity index (χ0v) is 14.2. The summed E-state index contributed by atoms with van der Waals surface area (Å²) in [7, 11) is 0. The molecule has 0 heterocycles. The van der Waals surface area contributed by atoms with Gasteiger partial charge < -0.3 is 0 Å². The Morgan fingerprint density at radius 2 is 1.55 bits per heavy atom. The molecule has 0 fully saturated rings. The van der Waals surface area contributed by atoms with E-state index < -0.39 is 10.7 Å². The van der Waals surface area contributed by atoms with Gasteiger partial charge in [-0.15, -0.1) is 0 Å². The lowest BCUT2D eigenvalue weighted by atomic mass is 10.1. The number of para-hydroxylation sites is 1. The SMILES string of the molecule is O=C1C(Cl)=C(Cl)C(=NSc2ccccc2[N+](=O)[O-])C(Cl)=C1Cl. The first-order valence-corrected chi connectivity index (χ1v) is 7.77. The Labute approximate surface area is 148 Å². The third-order valence-corrected chi connectivity index (χ3v) is 4.96. The second kappa shape index (κ2) is 7.02. The number of nitrogens with zero attached hydrogens (tertiary/aromatic N) is 2. The van der Waals surface area contributed by atoms with E-state index in [2.05, 4.69) is 4.40 Å². The summed E-state index contributed by atoms with van der Waals surface area (Å²) in [6, 6.07) is 6.00. The average molecular weight is 398 g/mol. The van der Waals surface area contributed by atoms with Crippen molar-refractivity contribution in [3.63, 3.8) is 0 Å². The minimum absolute atomic E-state index is 0.0129. The Kier molecular flexibility index (Phi) is 5.52. The average Bonchev–Trinajstić information content (AvgIpc) is 2.51. The Hall–Kier alpha value is -1.05. The third kappa shape index (κ3) is 3.31. The number of benzene rings is 1. The zero-order valence-electron chi connectivity index (χ0n) is 10.3. The van der Waals surface area contributed by atoms with Crippen LogP contribution in [0.3, 0.4) is 0 Å².